The lowest BCUT2D eigenvalue weighted by atomic mass is 10.1. The Morgan fingerprint density at radius 3 is 2.93 bits per heavy atom. The van der Waals surface area contributed by atoms with Crippen molar-refractivity contribution < 1.29 is 14.1 Å². The van der Waals surface area contributed by atoms with Crippen molar-refractivity contribution in [3.05, 3.63) is 87.0 Å². The Bertz CT molecular complexity index is 1310. The number of nitrogens with zero attached hydrogens (tertiary/aromatic N) is 4. The van der Waals surface area contributed by atoms with Gasteiger partial charge in [-0.3, -0.25) is 19.3 Å². The van der Waals surface area contributed by atoms with Gasteiger partial charge >= 0.3 is 0 Å². The number of nitro benzene ring substituents is 1. The van der Waals surface area contributed by atoms with Gasteiger partial charge in [-0.05, 0) is 31.2 Å². The Balaban J connectivity index is 1.50. The van der Waals surface area contributed by atoms with Gasteiger partial charge < -0.3 is 4.42 Å². The number of pyridine rings is 1. The molecule has 0 aliphatic rings. The van der Waals surface area contributed by atoms with Gasteiger partial charge in [-0.15, -0.1) is 0 Å². The first-order valence-electron chi connectivity index (χ1n) is 8.74. The average Bonchev–Trinajstić information content (AvgIpc) is 3.31. The van der Waals surface area contributed by atoms with E-state index in [1.165, 1.54) is 18.3 Å². The van der Waals surface area contributed by atoms with E-state index in [1.54, 1.807) is 53.9 Å². The van der Waals surface area contributed by atoms with Crippen LogP contribution in [0.25, 0.3) is 17.0 Å². The maximum Gasteiger partial charge on any atom is 0.290 e. The number of carbonyl (C=O) groups is 1. The summed E-state index contributed by atoms with van der Waals surface area (Å²) in [6, 6.07) is 12.8. The third-order valence-corrected chi connectivity index (χ3v) is 4.52. The van der Waals surface area contributed by atoms with E-state index in [2.05, 4.69) is 15.5 Å². The van der Waals surface area contributed by atoms with Gasteiger partial charge in [0.15, 0.2) is 0 Å². The van der Waals surface area contributed by atoms with E-state index >= 15 is 0 Å². The second-order valence-corrected chi connectivity index (χ2v) is 6.77. The summed E-state index contributed by atoms with van der Waals surface area (Å²) < 4.78 is 7.22. The number of amides is 1. The van der Waals surface area contributed by atoms with Gasteiger partial charge in [-0.2, -0.15) is 5.10 Å². The van der Waals surface area contributed by atoms with Crippen LogP contribution in [0.4, 0.5) is 5.69 Å². The largest absolute Gasteiger partial charge is 0.455 e. The van der Waals surface area contributed by atoms with Crippen LogP contribution in [0.15, 0.2) is 64.2 Å². The number of aromatic nitrogens is 2. The summed E-state index contributed by atoms with van der Waals surface area (Å²) in [6.45, 7) is 1.72. The molecule has 9 nitrogen and oxygen atoms in total. The molecule has 0 spiro atoms. The van der Waals surface area contributed by atoms with Crippen LogP contribution in [0.1, 0.15) is 21.9 Å². The van der Waals surface area contributed by atoms with Crippen LogP contribution in [0.5, 0.6) is 0 Å². The van der Waals surface area contributed by atoms with E-state index in [4.69, 9.17) is 16.0 Å². The molecule has 0 atom stereocenters. The van der Waals surface area contributed by atoms with Gasteiger partial charge in [0.2, 0.25) is 0 Å². The van der Waals surface area contributed by atoms with Crippen molar-refractivity contribution in [3.63, 3.8) is 0 Å². The third kappa shape index (κ3) is 3.78. The van der Waals surface area contributed by atoms with Gasteiger partial charge in [0.1, 0.15) is 22.9 Å². The summed E-state index contributed by atoms with van der Waals surface area (Å²) in [5, 5.41) is 15.3. The number of fused-ring (bicyclic) bond motifs is 1. The lowest BCUT2D eigenvalue weighted by molar-refractivity contribution is -0.384. The first-order valence-corrected chi connectivity index (χ1v) is 9.12. The van der Waals surface area contributed by atoms with Gasteiger partial charge in [-0.1, -0.05) is 23.7 Å². The number of furan rings is 1. The highest BCUT2D eigenvalue weighted by Crippen LogP contribution is 2.25. The van der Waals surface area contributed by atoms with E-state index in [-0.39, 0.29) is 5.69 Å². The molecule has 0 radical (unpaired) electrons. The van der Waals surface area contributed by atoms with Crippen molar-refractivity contribution in [2.24, 2.45) is 5.10 Å². The van der Waals surface area contributed by atoms with Crippen molar-refractivity contribution in [1.82, 2.24) is 14.8 Å². The average molecular weight is 424 g/mol. The monoisotopic (exact) mass is 423 g/mol. The Labute approximate surface area is 174 Å². The molecular weight excluding hydrogens is 410 g/mol. The van der Waals surface area contributed by atoms with Gasteiger partial charge in [0.25, 0.3) is 11.6 Å². The Hall–Kier alpha value is -3.98. The molecule has 0 aliphatic heterocycles. The molecule has 10 heteroatoms. The topological polar surface area (TPSA) is 115 Å². The normalized spacial score (nSPS) is 11.3. The lowest BCUT2D eigenvalue weighted by Gasteiger charge is -2.02. The van der Waals surface area contributed by atoms with Crippen LogP contribution in [-0.2, 0) is 0 Å². The number of carbonyl (C=O) groups excluding carboxylic acids is 1. The SMILES string of the molecule is Cc1nc2ccc(Cl)cn2c1C(=O)N/N=C/c1ccc(-c2cccc([N+](=O)[O-])c2)o1. The Kier molecular flexibility index (Phi) is 5.03. The molecule has 1 amide bonds. The van der Waals surface area contributed by atoms with Gasteiger partial charge in [-0.25, -0.2) is 10.4 Å². The van der Waals surface area contributed by atoms with Crippen molar-refractivity contribution in [2.45, 2.75) is 6.92 Å². The fraction of sp³-hybridized carbons (Fsp3) is 0.0500. The Morgan fingerprint density at radius 2 is 2.13 bits per heavy atom. The number of rotatable bonds is 5. The number of hydrogen-bond acceptors (Lipinski definition) is 6. The van der Waals surface area contributed by atoms with Crippen LogP contribution < -0.4 is 5.43 Å². The highest BCUT2D eigenvalue weighted by Gasteiger charge is 2.16. The zero-order chi connectivity index (χ0) is 21.3. The van der Waals surface area contributed by atoms with Crippen molar-refractivity contribution in [2.75, 3.05) is 0 Å². The molecule has 0 saturated heterocycles. The number of hydrazone groups is 1. The molecule has 0 bridgehead atoms. The van der Waals surface area contributed by atoms with Gasteiger partial charge in [0, 0.05) is 23.9 Å². The summed E-state index contributed by atoms with van der Waals surface area (Å²) in [4.78, 5) is 27.3. The third-order valence-electron chi connectivity index (χ3n) is 4.30. The van der Waals surface area contributed by atoms with E-state index in [1.807, 2.05) is 0 Å². The van der Waals surface area contributed by atoms with Crippen molar-refractivity contribution >= 4 is 35.1 Å². The highest BCUT2D eigenvalue weighted by atomic mass is 35.5. The molecule has 1 N–H and O–H groups in total. The van der Waals surface area contributed by atoms with E-state index in [9.17, 15) is 14.9 Å². The standard InChI is InChI=1S/C20H14ClN5O4/c1-12-19(25-11-14(21)5-8-18(25)23-12)20(27)24-22-10-16-6-7-17(30-16)13-3-2-4-15(9-13)26(28)29/h2-11H,1H3,(H,24,27)/b22-10+. The number of nitrogens with one attached hydrogen (secondary N) is 1. The van der Waals surface area contributed by atoms with Gasteiger partial charge in [0.05, 0.1) is 21.9 Å². The molecule has 3 heterocycles. The quantitative estimate of drug-likeness (QED) is 0.293. The summed E-state index contributed by atoms with van der Waals surface area (Å²) in [5.41, 5.74) is 4.42. The minimum Gasteiger partial charge on any atom is -0.455 e. The van der Waals surface area contributed by atoms with Crippen LogP contribution >= 0.6 is 11.6 Å². The van der Waals surface area contributed by atoms with Crippen molar-refractivity contribution in [3.8, 4) is 11.3 Å². The lowest BCUT2D eigenvalue weighted by Crippen LogP contribution is -2.20. The molecule has 0 unspecified atom stereocenters. The summed E-state index contributed by atoms with van der Waals surface area (Å²) >= 11 is 6.01. The summed E-state index contributed by atoms with van der Waals surface area (Å²) in [7, 11) is 0. The fourth-order valence-electron chi connectivity index (χ4n) is 2.97. The zero-order valence-corrected chi connectivity index (χ0v) is 16.3. The molecule has 150 valence electrons. The van der Waals surface area contributed by atoms with Crippen LogP contribution in [0, 0.1) is 17.0 Å². The predicted octanol–water partition coefficient (Wildman–Crippen LogP) is 4.23. The predicted molar refractivity (Wildman–Crippen MR) is 111 cm³/mol. The van der Waals surface area contributed by atoms with Crippen LogP contribution in [-0.4, -0.2) is 26.4 Å². The number of imidazole rings is 1. The van der Waals surface area contributed by atoms with E-state index in [0.717, 1.165) is 0 Å². The highest BCUT2D eigenvalue weighted by molar-refractivity contribution is 6.30. The number of halogens is 1. The first kappa shape index (κ1) is 19.3. The first-order chi connectivity index (χ1) is 14.4. The second kappa shape index (κ2) is 7.80. The van der Waals surface area contributed by atoms with Crippen LogP contribution in [0.3, 0.4) is 0 Å². The Morgan fingerprint density at radius 1 is 1.30 bits per heavy atom. The maximum absolute atomic E-state index is 12.5. The molecule has 0 aliphatic carbocycles. The minimum atomic E-state index is -0.473. The van der Waals surface area contributed by atoms with E-state index in [0.29, 0.717) is 39.1 Å². The molecule has 1 aromatic carbocycles. The minimum absolute atomic E-state index is 0.0325. The number of non-ortho nitro benzene ring substituents is 1. The van der Waals surface area contributed by atoms with E-state index < -0.39 is 10.8 Å². The molecule has 0 fully saturated rings. The zero-order valence-electron chi connectivity index (χ0n) is 15.6. The molecule has 30 heavy (non-hydrogen) atoms. The van der Waals surface area contributed by atoms with Crippen molar-refractivity contribution in [1.29, 1.82) is 0 Å². The molecule has 0 saturated carbocycles. The number of nitro groups is 1. The molecular formula is C20H14ClN5O4. The second-order valence-electron chi connectivity index (χ2n) is 6.33. The maximum atomic E-state index is 12.5. The summed E-state index contributed by atoms with van der Waals surface area (Å²) in [6.07, 6.45) is 2.94. The smallest absolute Gasteiger partial charge is 0.290 e. The molecule has 4 aromatic rings. The fourth-order valence-corrected chi connectivity index (χ4v) is 3.13. The number of aryl methyl sites for hydroxylation is 1. The number of benzene rings is 1. The molecule has 3 aromatic heterocycles. The summed E-state index contributed by atoms with van der Waals surface area (Å²) in [5.74, 6) is 0.359. The van der Waals surface area contributed by atoms with Crippen LogP contribution in [0.2, 0.25) is 5.02 Å². The number of hydrogen-bond donors (Lipinski definition) is 1. The molecule has 4 rings (SSSR count).